The zero-order valence-electron chi connectivity index (χ0n) is 10.1. The molecular formula is C10H10F3N5O. The average molecular weight is 273 g/mol. The van der Waals surface area contributed by atoms with Gasteiger partial charge in [0.15, 0.2) is 5.69 Å². The Hall–Kier alpha value is -2.19. The van der Waals surface area contributed by atoms with E-state index >= 15 is 0 Å². The minimum Gasteiger partial charge on any atom is -0.457 e. The molecule has 0 amide bonds. The van der Waals surface area contributed by atoms with Gasteiger partial charge in [0.25, 0.3) is 0 Å². The van der Waals surface area contributed by atoms with Gasteiger partial charge in [-0.3, -0.25) is 0 Å². The van der Waals surface area contributed by atoms with Crippen molar-refractivity contribution in [2.75, 3.05) is 0 Å². The van der Waals surface area contributed by atoms with Crippen LogP contribution in [0.3, 0.4) is 0 Å². The highest BCUT2D eigenvalue weighted by Gasteiger charge is 2.33. The summed E-state index contributed by atoms with van der Waals surface area (Å²) in [6.45, 7) is 1.39. The molecule has 9 heteroatoms. The number of ether oxygens (including phenoxy) is 1. The molecule has 19 heavy (non-hydrogen) atoms. The molecule has 2 aromatic heterocycles. The van der Waals surface area contributed by atoms with Crippen LogP contribution in [0.2, 0.25) is 0 Å². The molecule has 0 radical (unpaired) electrons. The molecule has 0 aliphatic carbocycles. The lowest BCUT2D eigenvalue weighted by atomic mass is 10.3. The smallest absolute Gasteiger partial charge is 0.433 e. The van der Waals surface area contributed by atoms with E-state index in [1.807, 2.05) is 0 Å². The zero-order valence-corrected chi connectivity index (χ0v) is 10.1. The fraction of sp³-hybridized carbons (Fsp3) is 0.400. The molecule has 2 rings (SSSR count). The van der Waals surface area contributed by atoms with Gasteiger partial charge in [0, 0.05) is 12.7 Å². The standard InChI is InChI=1S/C10H10F3N5O/c1-6-3-8(10(11,12)13)16-9(15-6)19-5-7-4-14-18(2)17-7/h3-4H,5H2,1-2H3. The van der Waals surface area contributed by atoms with Crippen LogP contribution in [0.25, 0.3) is 0 Å². The van der Waals surface area contributed by atoms with E-state index in [9.17, 15) is 13.2 Å². The minimum atomic E-state index is -4.53. The normalized spacial score (nSPS) is 11.6. The van der Waals surface area contributed by atoms with Gasteiger partial charge < -0.3 is 4.74 Å². The first-order valence-corrected chi connectivity index (χ1v) is 5.25. The van der Waals surface area contributed by atoms with Gasteiger partial charge in [-0.2, -0.15) is 33.1 Å². The van der Waals surface area contributed by atoms with Crippen LogP contribution in [-0.4, -0.2) is 25.0 Å². The fourth-order valence-electron chi connectivity index (χ4n) is 1.34. The second kappa shape index (κ2) is 4.82. The van der Waals surface area contributed by atoms with E-state index < -0.39 is 11.9 Å². The van der Waals surface area contributed by atoms with Crippen molar-refractivity contribution in [1.82, 2.24) is 25.0 Å². The molecule has 0 unspecified atom stereocenters. The molecule has 0 aliphatic rings. The summed E-state index contributed by atoms with van der Waals surface area (Å²) in [7, 11) is 1.62. The summed E-state index contributed by atoms with van der Waals surface area (Å²) in [6, 6.07) is 0.521. The van der Waals surface area contributed by atoms with Gasteiger partial charge in [-0.25, -0.2) is 4.98 Å². The molecule has 2 aromatic rings. The SMILES string of the molecule is Cc1cc(C(F)(F)F)nc(OCc2cnn(C)n2)n1. The van der Waals surface area contributed by atoms with Gasteiger partial charge >= 0.3 is 12.2 Å². The highest BCUT2D eigenvalue weighted by molar-refractivity contribution is 5.15. The van der Waals surface area contributed by atoms with Crippen LogP contribution < -0.4 is 4.74 Å². The molecule has 2 heterocycles. The third kappa shape index (κ3) is 3.39. The Morgan fingerprint density at radius 2 is 2.05 bits per heavy atom. The average Bonchev–Trinajstić information content (AvgIpc) is 2.71. The van der Waals surface area contributed by atoms with E-state index in [-0.39, 0.29) is 18.3 Å². The summed E-state index contributed by atoms with van der Waals surface area (Å²) in [5.41, 5.74) is -0.383. The number of rotatable bonds is 3. The molecule has 0 saturated carbocycles. The van der Waals surface area contributed by atoms with Crippen molar-refractivity contribution in [3.63, 3.8) is 0 Å². The van der Waals surface area contributed by atoms with Crippen LogP contribution in [0.1, 0.15) is 17.1 Å². The highest BCUT2D eigenvalue weighted by atomic mass is 19.4. The number of aryl methyl sites for hydroxylation is 2. The number of nitrogens with zero attached hydrogens (tertiary/aromatic N) is 5. The van der Waals surface area contributed by atoms with Crippen LogP contribution in [-0.2, 0) is 19.8 Å². The lowest BCUT2D eigenvalue weighted by molar-refractivity contribution is -0.141. The van der Waals surface area contributed by atoms with E-state index in [0.717, 1.165) is 6.07 Å². The summed E-state index contributed by atoms with van der Waals surface area (Å²) >= 11 is 0. The largest absolute Gasteiger partial charge is 0.457 e. The number of halogens is 3. The third-order valence-electron chi connectivity index (χ3n) is 2.12. The number of aromatic nitrogens is 5. The maximum Gasteiger partial charge on any atom is 0.433 e. The molecule has 102 valence electrons. The summed E-state index contributed by atoms with van der Waals surface area (Å²) in [5.74, 6) is 0. The Morgan fingerprint density at radius 1 is 1.32 bits per heavy atom. The number of hydrogen-bond acceptors (Lipinski definition) is 5. The Kier molecular flexibility index (Phi) is 3.36. The van der Waals surface area contributed by atoms with Gasteiger partial charge in [0.2, 0.25) is 0 Å². The molecule has 0 bridgehead atoms. The van der Waals surface area contributed by atoms with E-state index in [1.165, 1.54) is 17.9 Å². The van der Waals surface area contributed by atoms with Crippen LogP contribution in [0.4, 0.5) is 13.2 Å². The third-order valence-corrected chi connectivity index (χ3v) is 2.12. The van der Waals surface area contributed by atoms with Gasteiger partial charge in [-0.1, -0.05) is 0 Å². The van der Waals surface area contributed by atoms with Crippen molar-refractivity contribution in [1.29, 1.82) is 0 Å². The number of alkyl halides is 3. The van der Waals surface area contributed by atoms with E-state index in [0.29, 0.717) is 5.69 Å². The van der Waals surface area contributed by atoms with Crippen molar-refractivity contribution in [2.24, 2.45) is 7.05 Å². The van der Waals surface area contributed by atoms with Crippen LogP contribution >= 0.6 is 0 Å². The van der Waals surface area contributed by atoms with Crippen molar-refractivity contribution >= 4 is 0 Å². The summed E-state index contributed by atoms with van der Waals surface area (Å²) in [6.07, 6.45) is -3.08. The Labute approximate surface area is 106 Å². The monoisotopic (exact) mass is 273 g/mol. The van der Waals surface area contributed by atoms with Gasteiger partial charge in [-0.05, 0) is 13.0 Å². The Morgan fingerprint density at radius 3 is 2.63 bits per heavy atom. The maximum absolute atomic E-state index is 12.5. The number of hydrogen-bond donors (Lipinski definition) is 0. The quantitative estimate of drug-likeness (QED) is 0.848. The predicted octanol–water partition coefficient (Wildman–Crippen LogP) is 1.51. The lowest BCUT2D eigenvalue weighted by Crippen LogP contribution is -2.11. The first-order chi connectivity index (χ1) is 8.84. The van der Waals surface area contributed by atoms with Crippen LogP contribution in [0, 0.1) is 6.92 Å². The minimum absolute atomic E-state index is 0.0470. The Bertz CT molecular complexity index is 581. The summed E-state index contributed by atoms with van der Waals surface area (Å²) < 4.78 is 42.7. The molecular weight excluding hydrogens is 263 g/mol. The second-order valence-electron chi connectivity index (χ2n) is 3.79. The van der Waals surface area contributed by atoms with Gasteiger partial charge in [-0.15, -0.1) is 0 Å². The fourth-order valence-corrected chi connectivity index (χ4v) is 1.34. The summed E-state index contributed by atoms with van der Waals surface area (Å²) in [4.78, 5) is 8.41. The van der Waals surface area contributed by atoms with Gasteiger partial charge in [0.05, 0.1) is 6.20 Å². The molecule has 6 nitrogen and oxygen atoms in total. The first kappa shape index (κ1) is 13.2. The van der Waals surface area contributed by atoms with Crippen molar-refractivity contribution in [3.05, 3.63) is 29.3 Å². The molecule has 0 saturated heterocycles. The van der Waals surface area contributed by atoms with E-state index in [4.69, 9.17) is 4.74 Å². The van der Waals surface area contributed by atoms with Gasteiger partial charge in [0.1, 0.15) is 12.3 Å². The maximum atomic E-state index is 12.5. The zero-order chi connectivity index (χ0) is 14.0. The second-order valence-corrected chi connectivity index (χ2v) is 3.79. The Balaban J connectivity index is 2.14. The van der Waals surface area contributed by atoms with Crippen molar-refractivity contribution in [2.45, 2.75) is 19.7 Å². The molecule has 0 fully saturated rings. The molecule has 0 aliphatic heterocycles. The van der Waals surface area contributed by atoms with Crippen molar-refractivity contribution in [3.8, 4) is 6.01 Å². The van der Waals surface area contributed by atoms with Crippen LogP contribution in [0.5, 0.6) is 6.01 Å². The summed E-state index contributed by atoms with van der Waals surface area (Å²) in [5, 5.41) is 7.73. The highest BCUT2D eigenvalue weighted by Crippen LogP contribution is 2.28. The van der Waals surface area contributed by atoms with Crippen molar-refractivity contribution < 1.29 is 17.9 Å². The first-order valence-electron chi connectivity index (χ1n) is 5.25. The molecule has 0 N–H and O–H groups in total. The predicted molar refractivity (Wildman–Crippen MR) is 57.1 cm³/mol. The molecule has 0 aromatic carbocycles. The van der Waals surface area contributed by atoms with E-state index in [2.05, 4.69) is 20.2 Å². The molecule has 0 spiro atoms. The topological polar surface area (TPSA) is 65.7 Å². The molecule has 0 atom stereocenters. The van der Waals surface area contributed by atoms with Crippen LogP contribution in [0.15, 0.2) is 12.3 Å². The lowest BCUT2D eigenvalue weighted by Gasteiger charge is -2.08. The van der Waals surface area contributed by atoms with E-state index in [1.54, 1.807) is 7.05 Å².